The Morgan fingerprint density at radius 1 is 1.22 bits per heavy atom. The van der Waals surface area contributed by atoms with Crippen LogP contribution in [0.3, 0.4) is 0 Å². The SMILES string of the molecule is COCC1(CNC(=O)c2ccn(-c3ccc(OC)cc3)n2)CCNCC1.Cl. The lowest BCUT2D eigenvalue weighted by atomic mass is 9.79. The van der Waals surface area contributed by atoms with Gasteiger partial charge in [-0.3, -0.25) is 4.79 Å². The number of nitrogens with zero attached hydrogens (tertiary/aromatic N) is 2. The lowest BCUT2D eigenvalue weighted by Crippen LogP contribution is -2.47. The fourth-order valence-corrected chi connectivity index (χ4v) is 3.32. The van der Waals surface area contributed by atoms with Crippen molar-refractivity contribution >= 4 is 18.3 Å². The quantitative estimate of drug-likeness (QED) is 0.751. The molecule has 1 aliphatic rings. The fraction of sp³-hybridized carbons (Fsp3) is 0.474. The van der Waals surface area contributed by atoms with Gasteiger partial charge in [-0.15, -0.1) is 12.4 Å². The normalized spacial score (nSPS) is 15.6. The van der Waals surface area contributed by atoms with Gasteiger partial charge < -0.3 is 20.1 Å². The lowest BCUT2D eigenvalue weighted by molar-refractivity contribution is 0.0510. The molecule has 2 aromatic rings. The van der Waals surface area contributed by atoms with E-state index in [1.165, 1.54) is 0 Å². The average molecular weight is 395 g/mol. The Morgan fingerprint density at radius 3 is 2.56 bits per heavy atom. The largest absolute Gasteiger partial charge is 0.497 e. The highest BCUT2D eigenvalue weighted by molar-refractivity contribution is 5.92. The summed E-state index contributed by atoms with van der Waals surface area (Å²) in [6.45, 7) is 3.14. The molecule has 27 heavy (non-hydrogen) atoms. The zero-order valence-electron chi connectivity index (χ0n) is 15.7. The average Bonchev–Trinajstić information content (AvgIpc) is 3.17. The smallest absolute Gasteiger partial charge is 0.271 e. The van der Waals surface area contributed by atoms with E-state index in [9.17, 15) is 4.79 Å². The summed E-state index contributed by atoms with van der Waals surface area (Å²) in [6, 6.07) is 9.25. The lowest BCUT2D eigenvalue weighted by Gasteiger charge is -2.37. The second kappa shape index (κ2) is 9.73. The predicted molar refractivity (Wildman–Crippen MR) is 106 cm³/mol. The number of piperidine rings is 1. The summed E-state index contributed by atoms with van der Waals surface area (Å²) >= 11 is 0. The maximum absolute atomic E-state index is 12.5. The highest BCUT2D eigenvalue weighted by Gasteiger charge is 2.32. The van der Waals surface area contributed by atoms with Gasteiger partial charge in [0.15, 0.2) is 5.69 Å². The van der Waals surface area contributed by atoms with Gasteiger partial charge in [-0.2, -0.15) is 5.10 Å². The van der Waals surface area contributed by atoms with E-state index in [0.29, 0.717) is 18.8 Å². The number of halogens is 1. The van der Waals surface area contributed by atoms with Crippen LogP contribution in [-0.2, 0) is 4.74 Å². The molecule has 1 aromatic carbocycles. The highest BCUT2D eigenvalue weighted by Crippen LogP contribution is 2.28. The molecule has 2 heterocycles. The number of hydrogen-bond acceptors (Lipinski definition) is 5. The minimum absolute atomic E-state index is 0. The Hall–Kier alpha value is -2.09. The molecule has 0 atom stereocenters. The van der Waals surface area contributed by atoms with Crippen LogP contribution < -0.4 is 15.4 Å². The van der Waals surface area contributed by atoms with E-state index in [4.69, 9.17) is 9.47 Å². The molecule has 1 saturated heterocycles. The number of rotatable bonds is 7. The molecular weight excluding hydrogens is 368 g/mol. The van der Waals surface area contributed by atoms with Crippen molar-refractivity contribution in [2.75, 3.05) is 40.5 Å². The number of methoxy groups -OCH3 is 2. The first-order chi connectivity index (χ1) is 12.7. The summed E-state index contributed by atoms with van der Waals surface area (Å²) in [5.41, 5.74) is 1.27. The Balaban J connectivity index is 0.00000261. The molecule has 148 valence electrons. The van der Waals surface area contributed by atoms with Crippen LogP contribution in [0.5, 0.6) is 5.75 Å². The van der Waals surface area contributed by atoms with Crippen LogP contribution in [0.1, 0.15) is 23.3 Å². The number of ether oxygens (including phenoxy) is 2. The van der Waals surface area contributed by atoms with Crippen molar-refractivity contribution in [1.29, 1.82) is 0 Å². The molecule has 0 bridgehead atoms. The van der Waals surface area contributed by atoms with Crippen LogP contribution in [0, 0.1) is 5.41 Å². The summed E-state index contributed by atoms with van der Waals surface area (Å²) < 4.78 is 12.2. The predicted octanol–water partition coefficient (Wildman–Crippen LogP) is 2.05. The number of benzene rings is 1. The van der Waals surface area contributed by atoms with Crippen molar-refractivity contribution in [2.24, 2.45) is 5.41 Å². The third kappa shape index (κ3) is 5.22. The first kappa shape index (κ1) is 21.2. The summed E-state index contributed by atoms with van der Waals surface area (Å²) in [5, 5.41) is 10.8. The minimum atomic E-state index is -0.161. The van der Waals surface area contributed by atoms with Crippen LogP contribution >= 0.6 is 12.4 Å². The molecule has 7 nitrogen and oxygen atoms in total. The van der Waals surface area contributed by atoms with Crippen LogP contribution in [0.25, 0.3) is 5.69 Å². The molecule has 1 aromatic heterocycles. The molecule has 0 unspecified atom stereocenters. The van der Waals surface area contributed by atoms with E-state index in [-0.39, 0.29) is 23.7 Å². The molecule has 1 fully saturated rings. The van der Waals surface area contributed by atoms with Gasteiger partial charge in [-0.05, 0) is 56.3 Å². The summed E-state index contributed by atoms with van der Waals surface area (Å²) in [5.74, 6) is 0.621. The van der Waals surface area contributed by atoms with E-state index in [1.807, 2.05) is 24.3 Å². The number of hydrogen-bond donors (Lipinski definition) is 2. The van der Waals surface area contributed by atoms with E-state index < -0.39 is 0 Å². The molecule has 0 saturated carbocycles. The van der Waals surface area contributed by atoms with Gasteiger partial charge in [-0.1, -0.05) is 0 Å². The first-order valence-electron chi connectivity index (χ1n) is 8.84. The fourth-order valence-electron chi connectivity index (χ4n) is 3.32. The van der Waals surface area contributed by atoms with Crippen molar-refractivity contribution in [3.8, 4) is 11.4 Å². The number of carbonyl (C=O) groups is 1. The maximum atomic E-state index is 12.5. The number of carbonyl (C=O) groups excluding carboxylic acids is 1. The standard InChI is InChI=1S/C19H26N4O3.ClH/c1-25-14-19(8-10-20-11-9-19)13-21-18(24)17-7-12-23(22-17)15-3-5-16(26-2)6-4-15;/h3-7,12,20H,8-11,13-14H2,1-2H3,(H,21,24);1H. The van der Waals surface area contributed by atoms with Gasteiger partial charge in [0.2, 0.25) is 0 Å². The minimum Gasteiger partial charge on any atom is -0.497 e. The molecule has 8 heteroatoms. The summed E-state index contributed by atoms with van der Waals surface area (Å²) in [4.78, 5) is 12.5. The van der Waals surface area contributed by atoms with Gasteiger partial charge in [0.25, 0.3) is 5.91 Å². The van der Waals surface area contributed by atoms with E-state index in [0.717, 1.165) is 37.4 Å². The van der Waals surface area contributed by atoms with Gasteiger partial charge >= 0.3 is 0 Å². The Labute approximate surface area is 165 Å². The second-order valence-corrected chi connectivity index (χ2v) is 6.71. The molecule has 2 N–H and O–H groups in total. The van der Waals surface area contributed by atoms with E-state index in [2.05, 4.69) is 15.7 Å². The number of amides is 1. The zero-order valence-corrected chi connectivity index (χ0v) is 16.6. The monoisotopic (exact) mass is 394 g/mol. The van der Waals surface area contributed by atoms with Gasteiger partial charge in [0.1, 0.15) is 5.75 Å². The molecule has 0 radical (unpaired) electrons. The number of aromatic nitrogens is 2. The zero-order chi connectivity index (χ0) is 18.4. The Morgan fingerprint density at radius 2 is 1.93 bits per heavy atom. The number of nitrogens with one attached hydrogen (secondary N) is 2. The second-order valence-electron chi connectivity index (χ2n) is 6.71. The van der Waals surface area contributed by atoms with Crippen molar-refractivity contribution in [3.05, 3.63) is 42.2 Å². The van der Waals surface area contributed by atoms with Crippen molar-refractivity contribution in [3.63, 3.8) is 0 Å². The van der Waals surface area contributed by atoms with E-state index >= 15 is 0 Å². The molecule has 3 rings (SSSR count). The summed E-state index contributed by atoms with van der Waals surface area (Å²) in [6.07, 6.45) is 3.76. The maximum Gasteiger partial charge on any atom is 0.271 e. The topological polar surface area (TPSA) is 77.4 Å². The molecular formula is C19H27ClN4O3. The van der Waals surface area contributed by atoms with Crippen molar-refractivity contribution in [1.82, 2.24) is 20.4 Å². The van der Waals surface area contributed by atoms with Gasteiger partial charge in [0.05, 0.1) is 19.4 Å². The van der Waals surface area contributed by atoms with Gasteiger partial charge in [-0.25, -0.2) is 4.68 Å². The molecule has 1 aliphatic heterocycles. The molecule has 1 amide bonds. The third-order valence-corrected chi connectivity index (χ3v) is 4.90. The van der Waals surface area contributed by atoms with Crippen LogP contribution in [-0.4, -0.2) is 56.1 Å². The van der Waals surface area contributed by atoms with Crippen molar-refractivity contribution < 1.29 is 14.3 Å². The summed E-state index contributed by atoms with van der Waals surface area (Å²) in [7, 11) is 3.34. The highest BCUT2D eigenvalue weighted by atomic mass is 35.5. The Bertz CT molecular complexity index is 721. The van der Waals surface area contributed by atoms with Gasteiger partial charge in [0, 0.05) is 25.3 Å². The third-order valence-electron chi connectivity index (χ3n) is 4.90. The Kier molecular flexibility index (Phi) is 7.65. The van der Waals surface area contributed by atoms with E-state index in [1.54, 1.807) is 31.2 Å². The van der Waals surface area contributed by atoms with Crippen molar-refractivity contribution in [2.45, 2.75) is 12.8 Å². The molecule has 0 spiro atoms. The van der Waals surface area contributed by atoms with Crippen LogP contribution in [0.2, 0.25) is 0 Å². The van der Waals surface area contributed by atoms with Crippen LogP contribution in [0.15, 0.2) is 36.5 Å². The molecule has 0 aliphatic carbocycles. The first-order valence-corrected chi connectivity index (χ1v) is 8.84. The van der Waals surface area contributed by atoms with Crippen LogP contribution in [0.4, 0.5) is 0 Å².